The summed E-state index contributed by atoms with van der Waals surface area (Å²) >= 11 is 0. The molecule has 1 aromatic rings. The zero-order valence-electron chi connectivity index (χ0n) is 14.3. The summed E-state index contributed by atoms with van der Waals surface area (Å²) in [5.74, 6) is 1.87. The number of benzene rings is 1. The number of amides is 1. The van der Waals surface area contributed by atoms with Crippen molar-refractivity contribution in [2.75, 3.05) is 27.8 Å². The first-order valence-corrected chi connectivity index (χ1v) is 7.59. The third kappa shape index (κ3) is 5.22. The zero-order valence-corrected chi connectivity index (χ0v) is 14.3. The second kappa shape index (κ2) is 8.63. The lowest BCUT2D eigenvalue weighted by Gasteiger charge is -2.22. The molecule has 0 saturated carbocycles. The highest BCUT2D eigenvalue weighted by Crippen LogP contribution is 2.24. The van der Waals surface area contributed by atoms with Gasteiger partial charge in [-0.3, -0.25) is 4.79 Å². The number of nitrogens with two attached hydrogens (primary N) is 1. The van der Waals surface area contributed by atoms with Gasteiger partial charge in [-0.2, -0.15) is 0 Å². The molecule has 0 saturated heterocycles. The number of carbonyl (C=O) groups excluding carboxylic acids is 1. The third-order valence-corrected chi connectivity index (χ3v) is 3.91. The van der Waals surface area contributed by atoms with Crippen molar-refractivity contribution in [1.29, 1.82) is 0 Å². The van der Waals surface area contributed by atoms with Gasteiger partial charge < -0.3 is 20.1 Å². The van der Waals surface area contributed by atoms with E-state index in [0.29, 0.717) is 24.0 Å². The Labute approximate surface area is 133 Å². The number of hydrogen-bond acceptors (Lipinski definition) is 4. The third-order valence-electron chi connectivity index (χ3n) is 3.91. The fourth-order valence-electron chi connectivity index (χ4n) is 2.12. The molecule has 2 N–H and O–H groups in total. The van der Waals surface area contributed by atoms with E-state index < -0.39 is 0 Å². The summed E-state index contributed by atoms with van der Waals surface area (Å²) in [6.07, 6.45) is 1.09. The smallest absolute Gasteiger partial charge is 0.226 e. The molecule has 1 atom stereocenters. The molecule has 5 nitrogen and oxygen atoms in total. The normalized spacial score (nSPS) is 12.1. The van der Waals surface area contributed by atoms with Gasteiger partial charge in [-0.1, -0.05) is 13.8 Å². The maximum Gasteiger partial charge on any atom is 0.226 e. The van der Waals surface area contributed by atoms with Gasteiger partial charge in [0, 0.05) is 25.2 Å². The second-order valence-corrected chi connectivity index (χ2v) is 5.87. The van der Waals surface area contributed by atoms with Crippen LogP contribution in [0.25, 0.3) is 0 Å². The topological polar surface area (TPSA) is 64.8 Å². The van der Waals surface area contributed by atoms with Gasteiger partial charge in [0.2, 0.25) is 5.91 Å². The van der Waals surface area contributed by atoms with Crippen molar-refractivity contribution in [3.05, 3.63) is 23.8 Å². The Bertz CT molecular complexity index is 489. The van der Waals surface area contributed by atoms with Crippen LogP contribution in [0.5, 0.6) is 11.5 Å². The van der Waals surface area contributed by atoms with Crippen LogP contribution < -0.4 is 15.2 Å². The Balaban J connectivity index is 2.67. The fourth-order valence-corrected chi connectivity index (χ4v) is 2.12. The van der Waals surface area contributed by atoms with E-state index in [1.165, 1.54) is 0 Å². The van der Waals surface area contributed by atoms with Gasteiger partial charge in [0.25, 0.3) is 0 Å². The monoisotopic (exact) mass is 308 g/mol. The number of likely N-dealkylation sites (N-methyl/N-ethyl adjacent to an activating group) is 1. The summed E-state index contributed by atoms with van der Waals surface area (Å²) in [4.78, 5) is 14.1. The van der Waals surface area contributed by atoms with Crippen LogP contribution >= 0.6 is 0 Å². The highest BCUT2D eigenvalue weighted by molar-refractivity contribution is 5.79. The largest absolute Gasteiger partial charge is 0.497 e. The van der Waals surface area contributed by atoms with Gasteiger partial charge in [-0.15, -0.1) is 0 Å². The number of methoxy groups -OCH3 is 2. The van der Waals surface area contributed by atoms with Crippen LogP contribution in [0.4, 0.5) is 0 Å². The van der Waals surface area contributed by atoms with Crippen molar-refractivity contribution in [3.63, 3.8) is 0 Å². The lowest BCUT2D eigenvalue weighted by molar-refractivity contribution is -0.129. The minimum atomic E-state index is 0.0440. The first-order valence-electron chi connectivity index (χ1n) is 7.59. The second-order valence-electron chi connectivity index (χ2n) is 5.87. The quantitative estimate of drug-likeness (QED) is 0.798. The maximum absolute atomic E-state index is 12.4. The van der Waals surface area contributed by atoms with Gasteiger partial charge in [0.1, 0.15) is 11.5 Å². The average Bonchev–Trinajstić information content (AvgIpc) is 2.51. The number of rotatable bonds is 8. The van der Waals surface area contributed by atoms with Crippen LogP contribution in [0, 0.1) is 5.92 Å². The molecule has 124 valence electrons. The summed E-state index contributed by atoms with van der Waals surface area (Å²) in [6, 6.07) is 5.58. The lowest BCUT2D eigenvalue weighted by atomic mass is 10.0. The Morgan fingerprint density at radius 1 is 1.27 bits per heavy atom. The molecule has 0 spiro atoms. The van der Waals surface area contributed by atoms with E-state index in [1.807, 2.05) is 25.2 Å². The minimum Gasteiger partial charge on any atom is -0.497 e. The van der Waals surface area contributed by atoms with Crippen molar-refractivity contribution in [2.24, 2.45) is 11.7 Å². The molecule has 0 aliphatic carbocycles. The molecule has 0 radical (unpaired) electrons. The molecular weight excluding hydrogens is 280 g/mol. The molecule has 0 aromatic heterocycles. The molecule has 22 heavy (non-hydrogen) atoms. The van der Waals surface area contributed by atoms with E-state index in [1.54, 1.807) is 19.1 Å². The van der Waals surface area contributed by atoms with Crippen LogP contribution in [0.15, 0.2) is 18.2 Å². The number of carbonyl (C=O) groups is 1. The summed E-state index contributed by atoms with van der Waals surface area (Å²) in [5, 5.41) is 0. The van der Waals surface area contributed by atoms with Crippen molar-refractivity contribution in [3.8, 4) is 11.5 Å². The minimum absolute atomic E-state index is 0.0440. The average molecular weight is 308 g/mol. The lowest BCUT2D eigenvalue weighted by Crippen LogP contribution is -2.35. The highest BCUT2D eigenvalue weighted by Gasteiger charge is 2.15. The first-order chi connectivity index (χ1) is 10.4. The van der Waals surface area contributed by atoms with Gasteiger partial charge in [-0.25, -0.2) is 0 Å². The first kappa shape index (κ1) is 18.3. The number of nitrogens with zero attached hydrogens (tertiary/aromatic N) is 1. The Hall–Kier alpha value is -1.75. The predicted molar refractivity (Wildman–Crippen MR) is 88.3 cm³/mol. The molecule has 1 rings (SSSR count). The van der Waals surface area contributed by atoms with Crippen LogP contribution in [0.3, 0.4) is 0 Å². The molecule has 0 aliphatic heterocycles. The summed E-state index contributed by atoms with van der Waals surface area (Å²) < 4.78 is 10.5. The van der Waals surface area contributed by atoms with Gasteiger partial charge in [0.05, 0.1) is 20.6 Å². The summed E-state index contributed by atoms with van der Waals surface area (Å²) in [6.45, 7) is 4.84. The van der Waals surface area contributed by atoms with Crippen molar-refractivity contribution in [2.45, 2.75) is 32.7 Å². The van der Waals surface area contributed by atoms with Crippen LogP contribution in [0.2, 0.25) is 0 Å². The van der Waals surface area contributed by atoms with E-state index in [9.17, 15) is 4.79 Å². The Morgan fingerprint density at radius 2 is 1.95 bits per heavy atom. The maximum atomic E-state index is 12.4. The van der Waals surface area contributed by atoms with Crippen LogP contribution in [0.1, 0.15) is 25.8 Å². The van der Waals surface area contributed by atoms with Crippen molar-refractivity contribution in [1.82, 2.24) is 4.90 Å². The number of ether oxygens (including phenoxy) is 2. The molecule has 0 bridgehead atoms. The summed E-state index contributed by atoms with van der Waals surface area (Å²) in [7, 11) is 5.01. The Kier molecular flexibility index (Phi) is 7.18. The Morgan fingerprint density at radius 3 is 2.50 bits per heavy atom. The van der Waals surface area contributed by atoms with E-state index in [-0.39, 0.29) is 18.4 Å². The van der Waals surface area contributed by atoms with Gasteiger partial charge >= 0.3 is 0 Å². The van der Waals surface area contributed by atoms with Crippen molar-refractivity contribution < 1.29 is 14.3 Å². The number of hydrogen-bond donors (Lipinski definition) is 1. The van der Waals surface area contributed by atoms with E-state index in [0.717, 1.165) is 12.0 Å². The SMILES string of the molecule is COc1ccc(OC)c(CC(=O)N(C)CCC(N)C(C)C)c1. The standard InChI is InChI=1S/C17H28N2O3/c1-12(2)15(18)8-9-19(3)17(20)11-13-10-14(21-4)6-7-16(13)22-5/h6-7,10,12,15H,8-9,11,18H2,1-5H3. The fraction of sp³-hybridized carbons (Fsp3) is 0.588. The van der Waals surface area contributed by atoms with Crippen LogP contribution in [-0.2, 0) is 11.2 Å². The summed E-state index contributed by atoms with van der Waals surface area (Å²) in [5.41, 5.74) is 6.85. The van der Waals surface area contributed by atoms with E-state index in [2.05, 4.69) is 13.8 Å². The van der Waals surface area contributed by atoms with Gasteiger partial charge in [-0.05, 0) is 30.5 Å². The molecule has 0 fully saturated rings. The molecule has 5 heteroatoms. The van der Waals surface area contributed by atoms with E-state index >= 15 is 0 Å². The molecule has 0 aliphatic rings. The zero-order chi connectivity index (χ0) is 16.7. The van der Waals surface area contributed by atoms with Gasteiger partial charge in [0.15, 0.2) is 0 Å². The van der Waals surface area contributed by atoms with Crippen molar-refractivity contribution >= 4 is 5.91 Å². The van der Waals surface area contributed by atoms with E-state index in [4.69, 9.17) is 15.2 Å². The molecule has 1 aromatic carbocycles. The molecular formula is C17H28N2O3. The highest BCUT2D eigenvalue weighted by atomic mass is 16.5. The molecule has 0 heterocycles. The molecule has 1 amide bonds. The van der Waals surface area contributed by atoms with Crippen LogP contribution in [-0.4, -0.2) is 44.7 Å². The predicted octanol–water partition coefficient (Wildman–Crippen LogP) is 2.08. The molecule has 1 unspecified atom stereocenters.